The molecule has 0 saturated heterocycles. The van der Waals surface area contributed by atoms with E-state index in [1.165, 1.54) is 65.5 Å². The Kier molecular flexibility index (Phi) is 6.16. The quantitative estimate of drug-likeness (QED) is 0.512. The first-order valence-electron chi connectivity index (χ1n) is 9.49. The maximum atomic E-state index is 2.44. The molecule has 1 radical (unpaired) electrons. The molecule has 0 aromatic heterocycles. The first-order valence-corrected chi connectivity index (χ1v) is 9.49. The fourth-order valence-electron chi connectivity index (χ4n) is 4.26. The van der Waals surface area contributed by atoms with Crippen LogP contribution in [0.5, 0.6) is 0 Å². The summed E-state index contributed by atoms with van der Waals surface area (Å²) in [5.41, 5.74) is 8.47. The summed E-state index contributed by atoms with van der Waals surface area (Å²) in [4.78, 5) is 0. The predicted molar refractivity (Wildman–Crippen MR) is 104 cm³/mol. The van der Waals surface area contributed by atoms with Gasteiger partial charge < -0.3 is 0 Å². The van der Waals surface area contributed by atoms with Gasteiger partial charge >= 0.3 is 0 Å². The van der Waals surface area contributed by atoms with Crippen molar-refractivity contribution in [3.63, 3.8) is 0 Å². The molecule has 2 aliphatic rings. The van der Waals surface area contributed by atoms with Crippen molar-refractivity contribution in [2.24, 2.45) is 5.92 Å². The van der Waals surface area contributed by atoms with E-state index >= 15 is 0 Å². The fraction of sp³-hybridized carbons (Fsp3) is 0.375. The zero-order chi connectivity index (χ0) is 16.5. The summed E-state index contributed by atoms with van der Waals surface area (Å²) >= 11 is 0. The van der Waals surface area contributed by atoms with Crippen LogP contribution in [-0.2, 0) is 26.2 Å². The average molecular weight is 407 g/mol. The van der Waals surface area contributed by atoms with Crippen molar-refractivity contribution in [1.82, 2.24) is 0 Å². The maximum Gasteiger partial charge on any atom is 0.0164 e. The number of allylic oxidation sites excluding steroid dienone is 1. The Hall–Kier alpha value is -0.937. The van der Waals surface area contributed by atoms with Crippen LogP contribution in [0.2, 0.25) is 0 Å². The van der Waals surface area contributed by atoms with Gasteiger partial charge in [-0.15, -0.1) is 0 Å². The van der Waals surface area contributed by atoms with Crippen LogP contribution in [0.1, 0.15) is 68.6 Å². The van der Waals surface area contributed by atoms with Crippen molar-refractivity contribution in [2.45, 2.75) is 51.9 Å². The van der Waals surface area contributed by atoms with Crippen molar-refractivity contribution < 1.29 is 26.2 Å². The molecule has 2 aliphatic carbocycles. The van der Waals surface area contributed by atoms with E-state index in [0.29, 0.717) is 5.92 Å². The molecule has 0 amide bonds. The van der Waals surface area contributed by atoms with Crippen LogP contribution < -0.4 is 0 Å². The van der Waals surface area contributed by atoms with Gasteiger partial charge in [-0.2, -0.15) is 0 Å². The summed E-state index contributed by atoms with van der Waals surface area (Å²) in [6, 6.07) is 15.9. The predicted octanol–water partition coefficient (Wildman–Crippen LogP) is 7.00. The Morgan fingerprint density at radius 1 is 0.960 bits per heavy atom. The van der Waals surface area contributed by atoms with Crippen LogP contribution in [0.3, 0.4) is 0 Å². The molecule has 0 heterocycles. The molecule has 1 fully saturated rings. The van der Waals surface area contributed by atoms with E-state index in [9.17, 15) is 0 Å². The molecule has 0 nitrogen and oxygen atoms in total. The van der Waals surface area contributed by atoms with Crippen molar-refractivity contribution in [3.8, 4) is 11.1 Å². The first-order chi connectivity index (χ1) is 11.7. The minimum atomic E-state index is 0. The van der Waals surface area contributed by atoms with Gasteiger partial charge in [0.2, 0.25) is 0 Å². The zero-order valence-electron chi connectivity index (χ0n) is 15.4. The molecule has 25 heavy (non-hydrogen) atoms. The summed E-state index contributed by atoms with van der Waals surface area (Å²) < 4.78 is 0. The van der Waals surface area contributed by atoms with E-state index in [1.54, 1.807) is 0 Å². The van der Waals surface area contributed by atoms with Gasteiger partial charge in [-0.05, 0) is 46.1 Å². The Balaban J connectivity index is 0.00000182. The van der Waals surface area contributed by atoms with Gasteiger partial charge in [-0.1, -0.05) is 93.6 Å². The summed E-state index contributed by atoms with van der Waals surface area (Å²) in [5.74, 6) is 1.50. The molecule has 2 aromatic rings. The van der Waals surface area contributed by atoms with Crippen LogP contribution in [-0.4, -0.2) is 0 Å². The molecule has 0 bridgehead atoms. The van der Waals surface area contributed by atoms with E-state index in [2.05, 4.69) is 68.8 Å². The van der Waals surface area contributed by atoms with Crippen LogP contribution in [0, 0.1) is 12.3 Å². The van der Waals surface area contributed by atoms with Crippen LogP contribution in [0.4, 0.5) is 0 Å². The Labute approximate surface area is 171 Å². The van der Waals surface area contributed by atoms with Crippen LogP contribution in [0.25, 0.3) is 17.2 Å². The molecule has 127 valence electrons. The Morgan fingerprint density at radius 3 is 2.36 bits per heavy atom. The molecule has 0 atom stereocenters. The third kappa shape index (κ3) is 4.08. The van der Waals surface area contributed by atoms with Gasteiger partial charge in [-0.3, -0.25) is 0 Å². The standard InChI is InChI=1S/C24H27.Zr/c1-17(2)20-10-12-21(13-11-20)23-9-5-8-22-15-19(16-24(22)23)14-18-6-3-4-7-18;/h5,8-13,15-18H,3-4,6-7,14H2,1-2H3;. The Morgan fingerprint density at radius 2 is 1.68 bits per heavy atom. The van der Waals surface area contributed by atoms with Gasteiger partial charge in [-0.25, -0.2) is 0 Å². The van der Waals surface area contributed by atoms with Crippen molar-refractivity contribution in [1.29, 1.82) is 0 Å². The number of benzene rings is 2. The van der Waals surface area contributed by atoms with E-state index < -0.39 is 0 Å². The van der Waals surface area contributed by atoms with E-state index in [0.717, 1.165) is 5.92 Å². The summed E-state index contributed by atoms with van der Waals surface area (Å²) in [6.07, 6.45) is 11.8. The molecule has 4 rings (SSSR count). The summed E-state index contributed by atoms with van der Waals surface area (Å²) in [7, 11) is 0. The molecule has 0 aliphatic heterocycles. The van der Waals surface area contributed by atoms with Crippen molar-refractivity contribution in [3.05, 3.63) is 71.1 Å². The molecule has 0 unspecified atom stereocenters. The van der Waals surface area contributed by atoms with E-state index in [1.807, 2.05) is 0 Å². The number of rotatable bonds is 4. The minimum Gasteiger partial charge on any atom is -0.0613 e. The smallest absolute Gasteiger partial charge is 0.0164 e. The van der Waals surface area contributed by atoms with Crippen molar-refractivity contribution in [2.75, 3.05) is 0 Å². The number of hydrogen-bond donors (Lipinski definition) is 0. The van der Waals surface area contributed by atoms with E-state index in [4.69, 9.17) is 0 Å². The Bertz CT molecular complexity index is 746. The summed E-state index contributed by atoms with van der Waals surface area (Å²) in [5, 5.41) is 0. The SMILES string of the molecule is CC(C)c1ccc(-c2cccc3c2C=C(CC2CCCC2)[CH]3)cc1.[Zr]. The fourth-order valence-corrected chi connectivity index (χ4v) is 4.26. The molecule has 0 N–H and O–H groups in total. The van der Waals surface area contributed by atoms with Gasteiger partial charge in [0.1, 0.15) is 0 Å². The minimum absolute atomic E-state index is 0. The second kappa shape index (κ2) is 8.17. The summed E-state index contributed by atoms with van der Waals surface area (Å²) in [6.45, 7) is 4.50. The maximum absolute atomic E-state index is 2.44. The van der Waals surface area contributed by atoms with Crippen LogP contribution in [0.15, 0.2) is 48.0 Å². The number of fused-ring (bicyclic) bond motifs is 1. The zero-order valence-corrected chi connectivity index (χ0v) is 17.8. The molecule has 1 saturated carbocycles. The van der Waals surface area contributed by atoms with Gasteiger partial charge in [0.25, 0.3) is 0 Å². The third-order valence-corrected chi connectivity index (χ3v) is 5.70. The first kappa shape index (κ1) is 18.8. The average Bonchev–Trinajstić information content (AvgIpc) is 3.24. The van der Waals surface area contributed by atoms with Gasteiger partial charge in [0.05, 0.1) is 0 Å². The second-order valence-corrected chi connectivity index (χ2v) is 7.80. The molecule has 0 spiro atoms. The van der Waals surface area contributed by atoms with Crippen LogP contribution >= 0.6 is 0 Å². The number of hydrogen-bond acceptors (Lipinski definition) is 0. The largest absolute Gasteiger partial charge is 0.0613 e. The topological polar surface area (TPSA) is 0 Å². The second-order valence-electron chi connectivity index (χ2n) is 7.80. The van der Waals surface area contributed by atoms with E-state index in [-0.39, 0.29) is 26.2 Å². The third-order valence-electron chi connectivity index (χ3n) is 5.70. The van der Waals surface area contributed by atoms with Gasteiger partial charge in [0.15, 0.2) is 0 Å². The van der Waals surface area contributed by atoms with Gasteiger partial charge in [0, 0.05) is 32.6 Å². The molecule has 1 heteroatoms. The molecular formula is C24H27Zr. The molecular weight excluding hydrogens is 379 g/mol. The normalized spacial score (nSPS) is 16.7. The molecule has 2 aromatic carbocycles. The van der Waals surface area contributed by atoms with Crippen molar-refractivity contribution >= 4 is 6.08 Å². The monoisotopic (exact) mass is 405 g/mol.